The van der Waals surface area contributed by atoms with Crippen LogP contribution >= 0.6 is 0 Å². The molecular formula is C21H22F3N5O2. The number of halogens is 3. The zero-order chi connectivity index (χ0) is 22.7. The highest BCUT2D eigenvalue weighted by molar-refractivity contribution is 5.89. The number of carboxylic acids is 1. The predicted molar refractivity (Wildman–Crippen MR) is 108 cm³/mol. The summed E-state index contributed by atoms with van der Waals surface area (Å²) in [4.78, 5) is 21.6. The first-order chi connectivity index (χ1) is 14.7. The van der Waals surface area contributed by atoms with Gasteiger partial charge in [0.2, 0.25) is 0 Å². The number of carbonyl (C=O) groups is 1. The second kappa shape index (κ2) is 9.20. The van der Waals surface area contributed by atoms with Gasteiger partial charge in [0.25, 0.3) is 0 Å². The molecule has 2 aromatic rings. The van der Waals surface area contributed by atoms with E-state index in [9.17, 15) is 28.3 Å². The molecule has 10 heteroatoms. The molecule has 164 valence electrons. The van der Waals surface area contributed by atoms with Crippen molar-refractivity contribution >= 4 is 17.6 Å². The molecule has 1 aromatic heterocycles. The van der Waals surface area contributed by atoms with Crippen LogP contribution in [0.1, 0.15) is 54.6 Å². The molecule has 1 aliphatic rings. The Morgan fingerprint density at radius 1 is 1.29 bits per heavy atom. The van der Waals surface area contributed by atoms with Gasteiger partial charge in [0.15, 0.2) is 23.0 Å². The number of nitriles is 1. The molecule has 0 radical (unpaired) electrons. The summed E-state index contributed by atoms with van der Waals surface area (Å²) in [7, 11) is 0. The third-order valence-corrected chi connectivity index (χ3v) is 5.12. The standard InChI is InChI=1S/C21H22F3N5O2/c1-11(2)26-19-20(28-18(21(30)31)16(10-25)27-19)29-7-5-12(6-8-29)17(24)14-4-3-13(22)9-15(14)23/h3-4,9,11-12,17H,5-8H2,1-2H3,(H,26,27)(H,30,31). The van der Waals surface area contributed by atoms with Gasteiger partial charge in [0.1, 0.15) is 23.9 Å². The summed E-state index contributed by atoms with van der Waals surface area (Å²) in [5, 5.41) is 21.7. The lowest BCUT2D eigenvalue weighted by Crippen LogP contribution is -2.37. The van der Waals surface area contributed by atoms with Crippen LogP contribution in [0.25, 0.3) is 0 Å². The number of carboxylic acid groups (broad SMARTS) is 1. The van der Waals surface area contributed by atoms with E-state index in [1.165, 1.54) is 0 Å². The van der Waals surface area contributed by atoms with Crippen molar-refractivity contribution in [2.24, 2.45) is 5.92 Å². The Bertz CT molecular complexity index is 1020. The summed E-state index contributed by atoms with van der Waals surface area (Å²) in [6.45, 7) is 4.39. The number of nitrogens with one attached hydrogen (secondary N) is 1. The predicted octanol–water partition coefficient (Wildman–Crippen LogP) is 4.07. The Kier molecular flexibility index (Phi) is 6.63. The highest BCUT2D eigenvalue weighted by atomic mass is 19.1. The summed E-state index contributed by atoms with van der Waals surface area (Å²) < 4.78 is 42.0. The van der Waals surface area contributed by atoms with Crippen molar-refractivity contribution in [2.75, 3.05) is 23.3 Å². The normalized spacial score (nSPS) is 15.6. The highest BCUT2D eigenvalue weighted by Gasteiger charge is 2.32. The van der Waals surface area contributed by atoms with Crippen molar-refractivity contribution in [1.29, 1.82) is 5.26 Å². The Morgan fingerprint density at radius 2 is 1.97 bits per heavy atom. The van der Waals surface area contributed by atoms with E-state index in [0.717, 1.165) is 12.1 Å². The van der Waals surface area contributed by atoms with E-state index in [-0.39, 0.29) is 28.9 Å². The van der Waals surface area contributed by atoms with Gasteiger partial charge < -0.3 is 15.3 Å². The van der Waals surface area contributed by atoms with Crippen molar-refractivity contribution in [3.8, 4) is 6.07 Å². The number of alkyl halides is 1. The number of rotatable bonds is 6. The average Bonchev–Trinajstić information content (AvgIpc) is 2.72. The van der Waals surface area contributed by atoms with Crippen LogP contribution in [0.4, 0.5) is 24.8 Å². The number of hydrogen-bond donors (Lipinski definition) is 2. The zero-order valence-corrected chi connectivity index (χ0v) is 17.1. The average molecular weight is 433 g/mol. The monoisotopic (exact) mass is 433 g/mol. The van der Waals surface area contributed by atoms with E-state index >= 15 is 0 Å². The molecule has 0 saturated carbocycles. The van der Waals surface area contributed by atoms with E-state index in [4.69, 9.17) is 0 Å². The summed E-state index contributed by atoms with van der Waals surface area (Å²) in [6.07, 6.45) is -0.885. The molecule has 1 fully saturated rings. The first-order valence-corrected chi connectivity index (χ1v) is 9.87. The van der Waals surface area contributed by atoms with E-state index in [0.29, 0.717) is 32.0 Å². The van der Waals surface area contributed by atoms with E-state index in [1.54, 1.807) is 11.0 Å². The molecule has 0 amide bonds. The molecule has 1 atom stereocenters. The van der Waals surface area contributed by atoms with E-state index in [1.807, 2.05) is 13.8 Å². The number of hydrogen-bond acceptors (Lipinski definition) is 6. The molecule has 1 saturated heterocycles. The number of aromatic carboxylic acids is 1. The quantitative estimate of drug-likeness (QED) is 0.708. The van der Waals surface area contributed by atoms with Gasteiger partial charge in [-0.2, -0.15) is 5.26 Å². The molecule has 1 unspecified atom stereocenters. The Hall–Kier alpha value is -3.35. The molecule has 31 heavy (non-hydrogen) atoms. The lowest BCUT2D eigenvalue weighted by Gasteiger charge is -2.35. The van der Waals surface area contributed by atoms with Crippen LogP contribution in [0.5, 0.6) is 0 Å². The third kappa shape index (κ3) is 4.87. The minimum Gasteiger partial charge on any atom is -0.476 e. The van der Waals surface area contributed by atoms with Crippen LogP contribution in [-0.2, 0) is 0 Å². The topological polar surface area (TPSA) is 102 Å². The minimum atomic E-state index is -1.59. The van der Waals surface area contributed by atoms with Gasteiger partial charge in [-0.25, -0.2) is 27.9 Å². The van der Waals surface area contributed by atoms with E-state index < -0.39 is 35.4 Å². The van der Waals surface area contributed by atoms with Crippen LogP contribution in [0.3, 0.4) is 0 Å². The molecule has 1 aromatic carbocycles. The second-order valence-corrected chi connectivity index (χ2v) is 7.70. The van der Waals surface area contributed by atoms with E-state index in [2.05, 4.69) is 15.3 Å². The molecule has 2 heterocycles. The maximum Gasteiger partial charge on any atom is 0.357 e. The number of nitrogens with zero attached hydrogens (tertiary/aromatic N) is 4. The zero-order valence-electron chi connectivity index (χ0n) is 17.1. The summed E-state index contributed by atoms with van der Waals surface area (Å²) in [5.74, 6) is -2.98. The van der Waals surface area contributed by atoms with Crippen LogP contribution in [0, 0.1) is 28.9 Å². The Balaban J connectivity index is 1.83. The minimum absolute atomic E-state index is 0.0514. The molecular weight excluding hydrogens is 411 g/mol. The van der Waals surface area contributed by atoms with Gasteiger partial charge in [-0.1, -0.05) is 6.07 Å². The third-order valence-electron chi connectivity index (χ3n) is 5.12. The fraction of sp³-hybridized carbons (Fsp3) is 0.429. The van der Waals surface area contributed by atoms with Crippen LogP contribution < -0.4 is 10.2 Å². The SMILES string of the molecule is CC(C)Nc1nc(C#N)c(C(=O)O)nc1N1CCC(C(F)c2ccc(F)cc2F)CC1. The van der Waals surface area contributed by atoms with Gasteiger partial charge in [0, 0.05) is 30.8 Å². The van der Waals surface area contributed by atoms with Crippen molar-refractivity contribution in [3.63, 3.8) is 0 Å². The van der Waals surface area contributed by atoms with Gasteiger partial charge in [-0.3, -0.25) is 0 Å². The fourth-order valence-electron chi connectivity index (χ4n) is 3.63. The van der Waals surface area contributed by atoms with Gasteiger partial charge in [-0.15, -0.1) is 0 Å². The summed E-state index contributed by atoms with van der Waals surface area (Å²) in [5.41, 5.74) is -0.927. The number of aromatic nitrogens is 2. The molecule has 7 nitrogen and oxygen atoms in total. The molecule has 1 aliphatic heterocycles. The maximum absolute atomic E-state index is 14.9. The Morgan fingerprint density at radius 3 is 2.52 bits per heavy atom. The number of benzene rings is 1. The van der Waals surface area contributed by atoms with Crippen LogP contribution in [0.15, 0.2) is 18.2 Å². The van der Waals surface area contributed by atoms with Crippen LogP contribution in [-0.4, -0.2) is 40.2 Å². The van der Waals surface area contributed by atoms with Crippen LogP contribution in [0.2, 0.25) is 0 Å². The van der Waals surface area contributed by atoms with Crippen molar-refractivity contribution in [3.05, 3.63) is 46.8 Å². The van der Waals surface area contributed by atoms with Crippen molar-refractivity contribution in [2.45, 2.75) is 38.9 Å². The fourth-order valence-corrected chi connectivity index (χ4v) is 3.63. The van der Waals surface area contributed by atoms with Gasteiger partial charge in [0.05, 0.1) is 0 Å². The lowest BCUT2D eigenvalue weighted by atomic mass is 9.88. The first-order valence-electron chi connectivity index (χ1n) is 9.87. The first kappa shape index (κ1) is 22.3. The lowest BCUT2D eigenvalue weighted by molar-refractivity contribution is 0.0689. The summed E-state index contributed by atoms with van der Waals surface area (Å²) >= 11 is 0. The second-order valence-electron chi connectivity index (χ2n) is 7.70. The molecule has 3 rings (SSSR count). The highest BCUT2D eigenvalue weighted by Crippen LogP contribution is 2.37. The maximum atomic E-state index is 14.9. The number of anilines is 2. The van der Waals surface area contributed by atoms with Gasteiger partial charge in [-0.05, 0) is 38.7 Å². The molecule has 0 spiro atoms. The molecule has 0 aliphatic carbocycles. The van der Waals surface area contributed by atoms with Gasteiger partial charge >= 0.3 is 5.97 Å². The Labute approximate surface area is 177 Å². The van der Waals surface area contributed by atoms with Crippen molar-refractivity contribution in [1.82, 2.24) is 9.97 Å². The molecule has 2 N–H and O–H groups in total. The smallest absolute Gasteiger partial charge is 0.357 e. The largest absolute Gasteiger partial charge is 0.476 e. The molecule has 0 bridgehead atoms. The van der Waals surface area contributed by atoms with Crippen molar-refractivity contribution < 1.29 is 23.1 Å². The number of piperidine rings is 1. The summed E-state index contributed by atoms with van der Waals surface area (Å²) in [6, 6.07) is 4.52.